The topological polar surface area (TPSA) is 20.2 Å². The number of hydrogen-bond donors (Lipinski definition) is 1. The number of aliphatic hydroxyl groups excluding tert-OH is 1. The van der Waals surface area contributed by atoms with Crippen molar-refractivity contribution in [3.63, 3.8) is 0 Å². The lowest BCUT2D eigenvalue weighted by atomic mass is 9.98. The maximum Gasteiger partial charge on any atom is 0.123 e. The molecular formula is C15H13Br2FO. The smallest absolute Gasteiger partial charge is 0.123 e. The van der Waals surface area contributed by atoms with Gasteiger partial charge in [-0.15, -0.1) is 0 Å². The van der Waals surface area contributed by atoms with E-state index in [1.54, 1.807) is 6.07 Å². The first kappa shape index (κ1) is 14.7. The highest BCUT2D eigenvalue weighted by Gasteiger charge is 2.13. The number of rotatable bonds is 3. The molecule has 2 aromatic rings. The Labute approximate surface area is 128 Å². The molecule has 100 valence electrons. The molecule has 1 N–H and O–H groups in total. The van der Waals surface area contributed by atoms with E-state index in [0.717, 1.165) is 25.6 Å². The molecule has 1 nitrogen and oxygen atoms in total. The van der Waals surface area contributed by atoms with Gasteiger partial charge < -0.3 is 5.11 Å². The largest absolute Gasteiger partial charge is 0.388 e. The lowest BCUT2D eigenvalue weighted by Crippen LogP contribution is -2.04. The SMILES string of the molecule is Cc1cc(Br)ccc1C(O)Cc1cc(F)ccc1Br. The van der Waals surface area contributed by atoms with E-state index in [1.807, 2.05) is 25.1 Å². The molecule has 0 aromatic heterocycles. The monoisotopic (exact) mass is 386 g/mol. The molecule has 0 fully saturated rings. The van der Waals surface area contributed by atoms with Crippen LogP contribution in [0.3, 0.4) is 0 Å². The van der Waals surface area contributed by atoms with Gasteiger partial charge in [0.2, 0.25) is 0 Å². The van der Waals surface area contributed by atoms with Gasteiger partial charge in [-0.1, -0.05) is 37.9 Å². The molecule has 0 aliphatic heterocycles. The van der Waals surface area contributed by atoms with Crippen molar-refractivity contribution in [1.29, 1.82) is 0 Å². The highest BCUT2D eigenvalue weighted by atomic mass is 79.9. The molecule has 2 aromatic carbocycles. The van der Waals surface area contributed by atoms with Crippen LogP contribution in [-0.2, 0) is 6.42 Å². The van der Waals surface area contributed by atoms with E-state index in [4.69, 9.17) is 0 Å². The van der Waals surface area contributed by atoms with Crippen molar-refractivity contribution in [2.75, 3.05) is 0 Å². The molecule has 1 unspecified atom stereocenters. The Hall–Kier alpha value is -0.710. The van der Waals surface area contributed by atoms with Crippen LogP contribution in [0.15, 0.2) is 45.3 Å². The summed E-state index contributed by atoms with van der Waals surface area (Å²) in [6.45, 7) is 1.95. The highest BCUT2D eigenvalue weighted by molar-refractivity contribution is 9.10. The fourth-order valence-electron chi connectivity index (χ4n) is 2.03. The van der Waals surface area contributed by atoms with Gasteiger partial charge in [0.1, 0.15) is 5.82 Å². The molecule has 0 spiro atoms. The van der Waals surface area contributed by atoms with Crippen molar-refractivity contribution >= 4 is 31.9 Å². The summed E-state index contributed by atoms with van der Waals surface area (Å²) in [6.07, 6.45) is -0.271. The summed E-state index contributed by atoms with van der Waals surface area (Å²) >= 11 is 6.77. The van der Waals surface area contributed by atoms with Gasteiger partial charge >= 0.3 is 0 Å². The van der Waals surface area contributed by atoms with Crippen molar-refractivity contribution in [2.24, 2.45) is 0 Å². The van der Waals surface area contributed by atoms with Gasteiger partial charge in [-0.25, -0.2) is 4.39 Å². The average molecular weight is 388 g/mol. The summed E-state index contributed by atoms with van der Waals surface area (Å²) < 4.78 is 15.0. The first-order chi connectivity index (χ1) is 8.97. The zero-order valence-corrected chi connectivity index (χ0v) is 13.5. The molecule has 2 rings (SSSR count). The highest BCUT2D eigenvalue weighted by Crippen LogP contribution is 2.27. The molecule has 0 bridgehead atoms. The predicted octanol–water partition coefficient (Wildman–Crippen LogP) is 4.94. The van der Waals surface area contributed by atoms with Crippen LogP contribution in [-0.4, -0.2) is 5.11 Å². The van der Waals surface area contributed by atoms with Crippen LogP contribution in [0.2, 0.25) is 0 Å². The molecule has 0 saturated carbocycles. The minimum absolute atomic E-state index is 0.294. The summed E-state index contributed by atoms with van der Waals surface area (Å²) in [5, 5.41) is 10.3. The maximum atomic E-state index is 13.2. The van der Waals surface area contributed by atoms with Crippen molar-refractivity contribution in [3.8, 4) is 0 Å². The summed E-state index contributed by atoms with van der Waals surface area (Å²) in [7, 11) is 0. The second kappa shape index (κ2) is 6.16. The van der Waals surface area contributed by atoms with Crippen molar-refractivity contribution < 1.29 is 9.50 Å². The Morgan fingerprint density at radius 3 is 2.58 bits per heavy atom. The summed E-state index contributed by atoms with van der Waals surface area (Å²) in [6, 6.07) is 10.2. The molecule has 4 heteroatoms. The van der Waals surface area contributed by atoms with Gasteiger partial charge in [0.05, 0.1) is 6.10 Å². The molecule has 0 aliphatic rings. The van der Waals surface area contributed by atoms with E-state index < -0.39 is 6.10 Å². The third-order valence-electron chi connectivity index (χ3n) is 3.01. The third-order valence-corrected chi connectivity index (χ3v) is 4.28. The number of halogens is 3. The second-order valence-electron chi connectivity index (χ2n) is 4.46. The van der Waals surface area contributed by atoms with E-state index in [1.165, 1.54) is 12.1 Å². The number of aliphatic hydroxyl groups is 1. The Balaban J connectivity index is 2.25. The zero-order chi connectivity index (χ0) is 14.0. The molecule has 0 heterocycles. The van der Waals surface area contributed by atoms with Crippen LogP contribution in [0.1, 0.15) is 22.8 Å². The van der Waals surface area contributed by atoms with Gasteiger partial charge in [-0.2, -0.15) is 0 Å². The van der Waals surface area contributed by atoms with Crippen LogP contribution in [0, 0.1) is 12.7 Å². The van der Waals surface area contributed by atoms with Gasteiger partial charge in [0, 0.05) is 15.4 Å². The molecule has 19 heavy (non-hydrogen) atoms. The minimum atomic E-state index is -0.647. The Bertz CT molecular complexity index is 599. The van der Waals surface area contributed by atoms with Gasteiger partial charge in [-0.05, 0) is 53.9 Å². The fraction of sp³-hybridized carbons (Fsp3) is 0.200. The molecule has 0 saturated heterocycles. The van der Waals surface area contributed by atoms with Gasteiger partial charge in [0.15, 0.2) is 0 Å². The number of benzene rings is 2. The van der Waals surface area contributed by atoms with E-state index in [0.29, 0.717) is 6.42 Å². The molecule has 1 atom stereocenters. The van der Waals surface area contributed by atoms with E-state index >= 15 is 0 Å². The molecule has 0 amide bonds. The maximum absolute atomic E-state index is 13.2. The van der Waals surface area contributed by atoms with Crippen LogP contribution in [0.5, 0.6) is 0 Å². The molecule has 0 radical (unpaired) electrons. The first-order valence-corrected chi connectivity index (χ1v) is 7.44. The fourth-order valence-corrected chi connectivity index (χ4v) is 2.92. The van der Waals surface area contributed by atoms with Crippen molar-refractivity contribution in [3.05, 3.63) is 67.9 Å². The summed E-state index contributed by atoms with van der Waals surface area (Å²) in [5.41, 5.74) is 2.63. The first-order valence-electron chi connectivity index (χ1n) is 5.85. The minimum Gasteiger partial charge on any atom is -0.388 e. The third kappa shape index (κ3) is 3.65. The summed E-state index contributed by atoms with van der Waals surface area (Å²) in [4.78, 5) is 0. The predicted molar refractivity (Wildman–Crippen MR) is 81.6 cm³/mol. The second-order valence-corrected chi connectivity index (χ2v) is 6.23. The number of hydrogen-bond acceptors (Lipinski definition) is 1. The van der Waals surface area contributed by atoms with Gasteiger partial charge in [0.25, 0.3) is 0 Å². The Kier molecular flexibility index (Phi) is 4.76. The normalized spacial score (nSPS) is 12.5. The lowest BCUT2D eigenvalue weighted by molar-refractivity contribution is 0.177. The lowest BCUT2D eigenvalue weighted by Gasteiger charge is -2.15. The quantitative estimate of drug-likeness (QED) is 0.791. The average Bonchev–Trinajstić information content (AvgIpc) is 2.33. The van der Waals surface area contributed by atoms with Crippen molar-refractivity contribution in [1.82, 2.24) is 0 Å². The Morgan fingerprint density at radius 1 is 1.16 bits per heavy atom. The van der Waals surface area contributed by atoms with Crippen molar-refractivity contribution in [2.45, 2.75) is 19.4 Å². The molecule has 0 aliphatic carbocycles. The van der Waals surface area contributed by atoms with Crippen LogP contribution in [0.25, 0.3) is 0 Å². The van der Waals surface area contributed by atoms with E-state index in [-0.39, 0.29) is 5.82 Å². The van der Waals surface area contributed by atoms with Crippen LogP contribution < -0.4 is 0 Å². The zero-order valence-electron chi connectivity index (χ0n) is 10.3. The number of aryl methyl sites for hydroxylation is 1. The van der Waals surface area contributed by atoms with Crippen LogP contribution in [0.4, 0.5) is 4.39 Å². The summed E-state index contributed by atoms with van der Waals surface area (Å²) in [5.74, 6) is -0.294. The standard InChI is InChI=1S/C15H13Br2FO/c1-9-6-11(16)2-4-13(9)15(19)8-10-7-12(18)3-5-14(10)17/h2-7,15,19H,8H2,1H3. The Morgan fingerprint density at radius 2 is 1.89 bits per heavy atom. The van der Waals surface area contributed by atoms with E-state index in [2.05, 4.69) is 31.9 Å². The van der Waals surface area contributed by atoms with E-state index in [9.17, 15) is 9.50 Å². The molecular weight excluding hydrogens is 375 g/mol. The van der Waals surface area contributed by atoms with Crippen LogP contribution >= 0.6 is 31.9 Å². The van der Waals surface area contributed by atoms with Gasteiger partial charge in [-0.3, -0.25) is 0 Å².